The number of carboxylic acid groups (broad SMARTS) is 1. The van der Waals surface area contributed by atoms with Crippen LogP contribution in [0.3, 0.4) is 0 Å². The van der Waals surface area contributed by atoms with Gasteiger partial charge in [-0.15, -0.1) is 0 Å². The zero-order chi connectivity index (χ0) is 13.7. The van der Waals surface area contributed by atoms with Gasteiger partial charge in [0.25, 0.3) is 0 Å². The Labute approximate surface area is 106 Å². The Morgan fingerprint density at radius 1 is 1.44 bits per heavy atom. The van der Waals surface area contributed by atoms with Crippen molar-refractivity contribution in [2.75, 3.05) is 13.7 Å². The topological polar surface area (TPSA) is 79.5 Å². The van der Waals surface area contributed by atoms with E-state index in [-0.39, 0.29) is 6.61 Å². The average molecular weight is 249 g/mol. The van der Waals surface area contributed by atoms with E-state index < -0.39 is 12.1 Å². The highest BCUT2D eigenvalue weighted by Crippen LogP contribution is 2.25. The summed E-state index contributed by atoms with van der Waals surface area (Å²) < 4.78 is 10.2. The van der Waals surface area contributed by atoms with Crippen molar-refractivity contribution >= 4 is 5.97 Å². The predicted octanol–water partition coefficient (Wildman–Crippen LogP) is 1.65. The first kappa shape index (κ1) is 14.0. The molecule has 1 aromatic carbocycles. The molecule has 0 fully saturated rings. The number of aliphatic carboxylic acids is 1. The summed E-state index contributed by atoms with van der Waals surface area (Å²) in [6.45, 7) is 3.51. The van der Waals surface area contributed by atoms with E-state index in [9.17, 15) is 4.79 Å². The minimum Gasteiger partial charge on any atom is -0.478 e. The van der Waals surface area contributed by atoms with Gasteiger partial charge in [-0.2, -0.15) is 5.26 Å². The number of methoxy groups -OCH3 is 1. The molecule has 18 heavy (non-hydrogen) atoms. The molecule has 0 saturated heterocycles. The first-order chi connectivity index (χ1) is 8.49. The van der Waals surface area contributed by atoms with Crippen molar-refractivity contribution < 1.29 is 19.4 Å². The van der Waals surface area contributed by atoms with Gasteiger partial charge in [0.1, 0.15) is 5.75 Å². The first-order valence-corrected chi connectivity index (χ1v) is 5.39. The largest absolute Gasteiger partial charge is 0.478 e. The van der Waals surface area contributed by atoms with E-state index in [4.69, 9.17) is 19.8 Å². The van der Waals surface area contributed by atoms with Gasteiger partial charge in [-0.3, -0.25) is 0 Å². The maximum atomic E-state index is 11.0. The molecule has 1 aromatic rings. The van der Waals surface area contributed by atoms with Gasteiger partial charge in [0.2, 0.25) is 6.10 Å². The third-order valence-electron chi connectivity index (χ3n) is 2.44. The minimum atomic E-state index is -1.08. The molecule has 0 aliphatic carbocycles. The Morgan fingerprint density at radius 3 is 2.39 bits per heavy atom. The van der Waals surface area contributed by atoms with Gasteiger partial charge in [0, 0.05) is 7.11 Å². The maximum Gasteiger partial charge on any atom is 0.347 e. The van der Waals surface area contributed by atoms with Crippen LogP contribution in [0.15, 0.2) is 12.1 Å². The van der Waals surface area contributed by atoms with Crippen LogP contribution in [0.4, 0.5) is 0 Å². The van der Waals surface area contributed by atoms with Crippen LogP contribution in [0.25, 0.3) is 0 Å². The van der Waals surface area contributed by atoms with Crippen LogP contribution in [-0.2, 0) is 9.53 Å². The summed E-state index contributed by atoms with van der Waals surface area (Å²) in [4.78, 5) is 11.0. The second-order valence-electron chi connectivity index (χ2n) is 3.95. The molecule has 0 amide bonds. The average Bonchev–Trinajstić information content (AvgIpc) is 2.31. The van der Waals surface area contributed by atoms with Gasteiger partial charge in [0.05, 0.1) is 18.2 Å². The first-order valence-electron chi connectivity index (χ1n) is 5.39. The standard InChI is InChI=1S/C13H15NO4/c1-8-4-10(6-14)5-9(2)12(8)18-11(7-17-3)13(15)16/h4-5,11H,7H2,1-3H3,(H,15,16). The van der Waals surface area contributed by atoms with Crippen LogP contribution < -0.4 is 4.74 Å². The van der Waals surface area contributed by atoms with Gasteiger partial charge in [0.15, 0.2) is 0 Å². The van der Waals surface area contributed by atoms with Crippen molar-refractivity contribution in [2.45, 2.75) is 20.0 Å². The highest BCUT2D eigenvalue weighted by Gasteiger charge is 2.21. The van der Waals surface area contributed by atoms with Gasteiger partial charge in [-0.1, -0.05) is 0 Å². The monoisotopic (exact) mass is 249 g/mol. The van der Waals surface area contributed by atoms with Crippen LogP contribution in [0.1, 0.15) is 16.7 Å². The van der Waals surface area contributed by atoms with Gasteiger partial charge < -0.3 is 14.6 Å². The molecule has 1 N–H and O–H groups in total. The fraction of sp³-hybridized carbons (Fsp3) is 0.385. The lowest BCUT2D eigenvalue weighted by Gasteiger charge is -2.18. The van der Waals surface area contributed by atoms with Crippen molar-refractivity contribution in [2.24, 2.45) is 0 Å². The van der Waals surface area contributed by atoms with Crippen LogP contribution >= 0.6 is 0 Å². The van der Waals surface area contributed by atoms with Crippen molar-refractivity contribution in [1.82, 2.24) is 0 Å². The number of carboxylic acids is 1. The van der Waals surface area contributed by atoms with E-state index in [2.05, 4.69) is 0 Å². The van der Waals surface area contributed by atoms with Gasteiger partial charge in [-0.05, 0) is 37.1 Å². The smallest absolute Gasteiger partial charge is 0.347 e. The second-order valence-corrected chi connectivity index (χ2v) is 3.95. The highest BCUT2D eigenvalue weighted by atomic mass is 16.5. The molecule has 0 aliphatic rings. The lowest BCUT2D eigenvalue weighted by molar-refractivity contribution is -0.147. The summed E-state index contributed by atoms with van der Waals surface area (Å²) in [7, 11) is 1.41. The molecule has 0 heterocycles. The number of rotatable bonds is 5. The molecule has 0 bridgehead atoms. The van der Waals surface area contributed by atoms with Crippen molar-refractivity contribution in [1.29, 1.82) is 5.26 Å². The van der Waals surface area contributed by atoms with E-state index in [0.29, 0.717) is 11.3 Å². The normalized spacial score (nSPS) is 11.7. The minimum absolute atomic E-state index is 0.0335. The van der Waals surface area contributed by atoms with E-state index in [1.54, 1.807) is 26.0 Å². The van der Waals surface area contributed by atoms with Crippen LogP contribution in [0.5, 0.6) is 5.75 Å². The summed E-state index contributed by atoms with van der Waals surface area (Å²) >= 11 is 0. The molecule has 0 spiro atoms. The van der Waals surface area contributed by atoms with Crippen LogP contribution in [-0.4, -0.2) is 30.9 Å². The maximum absolute atomic E-state index is 11.0. The lowest BCUT2D eigenvalue weighted by atomic mass is 10.1. The number of ether oxygens (including phenoxy) is 2. The predicted molar refractivity (Wildman–Crippen MR) is 64.6 cm³/mol. The molecule has 5 heteroatoms. The van der Waals surface area contributed by atoms with Crippen LogP contribution in [0, 0.1) is 25.2 Å². The highest BCUT2D eigenvalue weighted by molar-refractivity contribution is 5.73. The Morgan fingerprint density at radius 2 is 2.00 bits per heavy atom. The molecule has 96 valence electrons. The zero-order valence-electron chi connectivity index (χ0n) is 10.6. The van der Waals surface area contributed by atoms with Crippen molar-refractivity contribution in [3.63, 3.8) is 0 Å². The third-order valence-corrected chi connectivity index (χ3v) is 2.44. The fourth-order valence-electron chi connectivity index (χ4n) is 1.65. The van der Waals surface area contributed by atoms with Crippen LogP contribution in [0.2, 0.25) is 0 Å². The molecule has 0 saturated carbocycles. The zero-order valence-corrected chi connectivity index (χ0v) is 10.6. The quantitative estimate of drug-likeness (QED) is 0.858. The van der Waals surface area contributed by atoms with E-state index in [1.807, 2.05) is 6.07 Å². The number of hydrogen-bond donors (Lipinski definition) is 1. The number of nitriles is 1. The number of nitrogens with zero attached hydrogens (tertiary/aromatic N) is 1. The number of benzene rings is 1. The second kappa shape index (κ2) is 6.03. The lowest BCUT2D eigenvalue weighted by Crippen LogP contribution is -2.32. The number of hydrogen-bond acceptors (Lipinski definition) is 4. The fourth-order valence-corrected chi connectivity index (χ4v) is 1.65. The Bertz CT molecular complexity index is 467. The summed E-state index contributed by atoms with van der Waals surface area (Å²) in [6, 6.07) is 5.36. The van der Waals surface area contributed by atoms with Crippen molar-refractivity contribution in [3.05, 3.63) is 28.8 Å². The Hall–Kier alpha value is -2.06. The molecule has 0 radical (unpaired) electrons. The van der Waals surface area contributed by atoms with Crippen molar-refractivity contribution in [3.8, 4) is 11.8 Å². The number of carbonyl (C=O) groups is 1. The molecule has 1 rings (SSSR count). The van der Waals surface area contributed by atoms with E-state index >= 15 is 0 Å². The summed E-state index contributed by atoms with van der Waals surface area (Å²) in [5, 5.41) is 17.8. The van der Waals surface area contributed by atoms with E-state index in [1.165, 1.54) is 7.11 Å². The SMILES string of the molecule is COCC(Oc1c(C)cc(C#N)cc1C)C(=O)O. The molecular formula is C13H15NO4. The summed E-state index contributed by atoms with van der Waals surface area (Å²) in [6.07, 6.45) is -1.06. The molecular weight excluding hydrogens is 234 g/mol. The summed E-state index contributed by atoms with van der Waals surface area (Å²) in [5.74, 6) is -0.599. The number of aryl methyl sites for hydroxylation is 2. The molecule has 0 aromatic heterocycles. The van der Waals surface area contributed by atoms with E-state index in [0.717, 1.165) is 11.1 Å². The molecule has 0 aliphatic heterocycles. The summed E-state index contributed by atoms with van der Waals surface area (Å²) in [5.41, 5.74) is 1.98. The molecule has 1 unspecified atom stereocenters. The van der Waals surface area contributed by atoms with Gasteiger partial charge in [-0.25, -0.2) is 4.79 Å². The third kappa shape index (κ3) is 3.22. The Kier molecular flexibility index (Phi) is 4.69. The van der Waals surface area contributed by atoms with Gasteiger partial charge >= 0.3 is 5.97 Å². The molecule has 5 nitrogen and oxygen atoms in total. The molecule has 1 atom stereocenters. The Balaban J connectivity index is 3.03.